The molecule has 0 aliphatic carbocycles. The molecule has 1 heterocycles. The van der Waals surface area contributed by atoms with Gasteiger partial charge < -0.3 is 9.57 Å². The minimum absolute atomic E-state index is 0.0823. The van der Waals surface area contributed by atoms with E-state index in [9.17, 15) is 0 Å². The summed E-state index contributed by atoms with van der Waals surface area (Å²) in [5.41, 5.74) is 3.04. The van der Waals surface area contributed by atoms with Crippen LogP contribution in [0.25, 0.3) is 0 Å². The zero-order valence-electron chi connectivity index (χ0n) is 12.8. The lowest BCUT2D eigenvalue weighted by molar-refractivity contribution is 0.0852. The van der Waals surface area contributed by atoms with Crippen LogP contribution in [0.2, 0.25) is 10.0 Å². The summed E-state index contributed by atoms with van der Waals surface area (Å²) in [5, 5.41) is 5.23. The normalized spacial score (nSPS) is 16.8. The first-order valence-corrected chi connectivity index (χ1v) is 8.21. The first-order chi connectivity index (χ1) is 11.1. The Bertz CT molecular complexity index is 731. The maximum Gasteiger partial charge on any atom is 0.137 e. The van der Waals surface area contributed by atoms with E-state index >= 15 is 0 Å². The Labute approximate surface area is 145 Å². The molecule has 2 aromatic carbocycles. The molecule has 0 saturated carbocycles. The summed E-state index contributed by atoms with van der Waals surface area (Å²) < 4.78 is 5.96. The molecule has 0 radical (unpaired) electrons. The van der Waals surface area contributed by atoms with Crippen LogP contribution in [0.1, 0.15) is 24.5 Å². The van der Waals surface area contributed by atoms with E-state index in [1.807, 2.05) is 37.3 Å². The minimum Gasteiger partial charge on any atom is -0.489 e. The predicted octanol–water partition coefficient (Wildman–Crippen LogP) is 5.28. The zero-order chi connectivity index (χ0) is 16.2. The van der Waals surface area contributed by atoms with Crippen molar-refractivity contribution in [3.63, 3.8) is 0 Å². The number of ether oxygens (including phenoxy) is 1. The molecule has 2 aromatic rings. The average Bonchev–Trinajstić information content (AvgIpc) is 2.93. The molecule has 23 heavy (non-hydrogen) atoms. The molecule has 0 unspecified atom stereocenters. The van der Waals surface area contributed by atoms with Crippen LogP contribution in [0, 0.1) is 0 Å². The van der Waals surface area contributed by atoms with E-state index in [-0.39, 0.29) is 6.10 Å². The largest absolute Gasteiger partial charge is 0.489 e. The van der Waals surface area contributed by atoms with Crippen LogP contribution < -0.4 is 4.74 Å². The van der Waals surface area contributed by atoms with Gasteiger partial charge in [0.1, 0.15) is 18.5 Å². The van der Waals surface area contributed by atoms with Crippen LogP contribution in [-0.4, -0.2) is 11.8 Å². The summed E-state index contributed by atoms with van der Waals surface area (Å²) in [4.78, 5) is 5.42. The van der Waals surface area contributed by atoms with Crippen molar-refractivity contribution in [1.82, 2.24) is 0 Å². The van der Waals surface area contributed by atoms with Crippen molar-refractivity contribution in [2.24, 2.45) is 5.16 Å². The maximum atomic E-state index is 6.19. The lowest BCUT2D eigenvalue weighted by Crippen LogP contribution is -2.11. The summed E-state index contributed by atoms with van der Waals surface area (Å²) in [6.45, 7) is 2.37. The van der Waals surface area contributed by atoms with Gasteiger partial charge in [0, 0.05) is 28.5 Å². The molecule has 3 rings (SSSR count). The molecule has 0 saturated heterocycles. The lowest BCUT2D eigenvalue weighted by atomic mass is 10.0. The second-order valence-corrected chi connectivity index (χ2v) is 6.44. The van der Waals surface area contributed by atoms with Crippen molar-refractivity contribution in [2.75, 3.05) is 0 Å². The van der Waals surface area contributed by atoms with Gasteiger partial charge in [0.15, 0.2) is 0 Å². The topological polar surface area (TPSA) is 30.8 Å². The Morgan fingerprint density at radius 1 is 1.17 bits per heavy atom. The molecule has 3 nitrogen and oxygen atoms in total. The van der Waals surface area contributed by atoms with Crippen molar-refractivity contribution < 1.29 is 9.57 Å². The quantitative estimate of drug-likeness (QED) is 0.735. The van der Waals surface area contributed by atoms with E-state index in [0.29, 0.717) is 16.7 Å². The SMILES string of the molecule is CC1=NO[C@H](Cc2ccccc2OCc2ccc(Cl)cc2Cl)C1. The number of halogens is 2. The Kier molecular flexibility index (Phi) is 5.09. The Hall–Kier alpha value is -1.71. The number of hydrogen-bond acceptors (Lipinski definition) is 3. The molecular weight excluding hydrogens is 333 g/mol. The van der Waals surface area contributed by atoms with E-state index in [1.165, 1.54) is 0 Å². The first kappa shape index (κ1) is 16.2. The van der Waals surface area contributed by atoms with Gasteiger partial charge in [-0.05, 0) is 30.7 Å². The highest BCUT2D eigenvalue weighted by Crippen LogP contribution is 2.26. The van der Waals surface area contributed by atoms with Crippen LogP contribution in [0.4, 0.5) is 0 Å². The number of oxime groups is 1. The molecule has 0 fully saturated rings. The number of para-hydroxylation sites is 1. The van der Waals surface area contributed by atoms with E-state index in [2.05, 4.69) is 11.2 Å². The number of nitrogens with zero attached hydrogens (tertiary/aromatic N) is 1. The molecule has 0 spiro atoms. The Balaban J connectivity index is 1.68. The Morgan fingerprint density at radius 3 is 2.74 bits per heavy atom. The van der Waals surface area contributed by atoms with Gasteiger partial charge in [-0.25, -0.2) is 0 Å². The highest BCUT2D eigenvalue weighted by molar-refractivity contribution is 6.35. The van der Waals surface area contributed by atoms with Crippen molar-refractivity contribution in [3.05, 3.63) is 63.6 Å². The lowest BCUT2D eigenvalue weighted by Gasteiger charge is -2.14. The van der Waals surface area contributed by atoms with Crippen LogP contribution in [0.5, 0.6) is 5.75 Å². The first-order valence-electron chi connectivity index (χ1n) is 7.46. The van der Waals surface area contributed by atoms with Gasteiger partial charge in [-0.1, -0.05) is 52.6 Å². The van der Waals surface area contributed by atoms with Gasteiger partial charge in [0.25, 0.3) is 0 Å². The summed E-state index contributed by atoms with van der Waals surface area (Å²) in [6.07, 6.45) is 1.71. The van der Waals surface area contributed by atoms with Crippen LogP contribution in [0.15, 0.2) is 47.6 Å². The summed E-state index contributed by atoms with van der Waals surface area (Å²) >= 11 is 12.1. The monoisotopic (exact) mass is 349 g/mol. The second kappa shape index (κ2) is 7.24. The van der Waals surface area contributed by atoms with Crippen molar-refractivity contribution in [2.45, 2.75) is 32.5 Å². The standard InChI is InChI=1S/C18H17Cl2NO2/c1-12-8-16(23-21-12)9-13-4-2-3-5-18(13)22-11-14-6-7-15(19)10-17(14)20/h2-7,10,16H,8-9,11H2,1H3/t16-/m0/s1. The van der Waals surface area contributed by atoms with E-state index in [4.69, 9.17) is 32.8 Å². The van der Waals surface area contributed by atoms with E-state index in [1.54, 1.807) is 6.07 Å². The molecule has 1 aliphatic rings. The van der Waals surface area contributed by atoms with Crippen LogP contribution in [-0.2, 0) is 17.9 Å². The Morgan fingerprint density at radius 2 is 2.00 bits per heavy atom. The number of rotatable bonds is 5. The number of benzene rings is 2. The van der Waals surface area contributed by atoms with Crippen molar-refractivity contribution in [1.29, 1.82) is 0 Å². The van der Waals surface area contributed by atoms with Gasteiger partial charge in [-0.15, -0.1) is 0 Å². The molecule has 0 N–H and O–H groups in total. The average molecular weight is 350 g/mol. The fraction of sp³-hybridized carbons (Fsp3) is 0.278. The van der Waals surface area contributed by atoms with Crippen molar-refractivity contribution in [3.8, 4) is 5.75 Å². The third-order valence-electron chi connectivity index (χ3n) is 3.70. The van der Waals surface area contributed by atoms with Crippen molar-refractivity contribution >= 4 is 28.9 Å². The van der Waals surface area contributed by atoms with E-state index in [0.717, 1.165) is 35.4 Å². The van der Waals surface area contributed by atoms with Crippen LogP contribution >= 0.6 is 23.2 Å². The van der Waals surface area contributed by atoms with Gasteiger partial charge in [-0.2, -0.15) is 0 Å². The predicted molar refractivity (Wildman–Crippen MR) is 93.5 cm³/mol. The third-order valence-corrected chi connectivity index (χ3v) is 4.29. The van der Waals surface area contributed by atoms with Gasteiger partial charge >= 0.3 is 0 Å². The molecule has 5 heteroatoms. The summed E-state index contributed by atoms with van der Waals surface area (Å²) in [7, 11) is 0. The second-order valence-electron chi connectivity index (χ2n) is 5.59. The minimum atomic E-state index is 0.0823. The molecular formula is C18H17Cl2NO2. The molecule has 1 atom stereocenters. The van der Waals surface area contributed by atoms with Crippen LogP contribution in [0.3, 0.4) is 0 Å². The van der Waals surface area contributed by atoms with Gasteiger partial charge in [0.05, 0.1) is 5.71 Å². The molecule has 0 amide bonds. The summed E-state index contributed by atoms with van der Waals surface area (Å²) in [6, 6.07) is 13.4. The van der Waals surface area contributed by atoms with Gasteiger partial charge in [-0.3, -0.25) is 0 Å². The zero-order valence-corrected chi connectivity index (χ0v) is 14.3. The molecule has 1 aliphatic heterocycles. The number of hydrogen-bond donors (Lipinski definition) is 0. The highest BCUT2D eigenvalue weighted by Gasteiger charge is 2.20. The highest BCUT2D eigenvalue weighted by atomic mass is 35.5. The van der Waals surface area contributed by atoms with E-state index < -0.39 is 0 Å². The fourth-order valence-corrected chi connectivity index (χ4v) is 2.99. The van der Waals surface area contributed by atoms with Gasteiger partial charge in [0.2, 0.25) is 0 Å². The smallest absolute Gasteiger partial charge is 0.137 e. The fourth-order valence-electron chi connectivity index (χ4n) is 2.53. The third kappa shape index (κ3) is 4.18. The summed E-state index contributed by atoms with van der Waals surface area (Å²) in [5.74, 6) is 0.840. The molecule has 120 valence electrons. The molecule has 0 bridgehead atoms. The maximum absolute atomic E-state index is 6.19. The molecule has 0 aromatic heterocycles.